The largest absolute Gasteiger partial charge is 0.377 e. The molecule has 0 unspecified atom stereocenters. The van der Waals surface area contributed by atoms with E-state index in [1.54, 1.807) is 0 Å². The molecule has 0 amide bonds. The van der Waals surface area contributed by atoms with Crippen molar-refractivity contribution in [2.24, 2.45) is 14.1 Å². The molecule has 1 aromatic carbocycles. The first-order chi connectivity index (χ1) is 9.15. The molecule has 2 aromatic heterocycles. The van der Waals surface area contributed by atoms with Crippen LogP contribution in [-0.2, 0) is 20.6 Å². The molecule has 0 saturated heterocycles. The monoisotopic (exact) mass is 255 g/mol. The van der Waals surface area contributed by atoms with Crippen molar-refractivity contribution in [3.05, 3.63) is 41.9 Å². The normalized spacial score (nSPS) is 11.1. The van der Waals surface area contributed by atoms with Gasteiger partial charge >= 0.3 is 0 Å². The zero-order valence-electron chi connectivity index (χ0n) is 11.4. The minimum Gasteiger partial charge on any atom is -0.377 e. The van der Waals surface area contributed by atoms with Gasteiger partial charge in [0.2, 0.25) is 0 Å². The maximum absolute atomic E-state index is 4.57. The summed E-state index contributed by atoms with van der Waals surface area (Å²) in [6.07, 6.45) is 1.99. The van der Waals surface area contributed by atoms with Gasteiger partial charge in [0.15, 0.2) is 0 Å². The van der Waals surface area contributed by atoms with E-state index in [9.17, 15) is 0 Å². The van der Waals surface area contributed by atoms with E-state index in [1.165, 1.54) is 5.39 Å². The molecule has 0 bridgehead atoms. The lowest BCUT2D eigenvalue weighted by Gasteiger charge is -2.02. The van der Waals surface area contributed by atoms with Gasteiger partial charge in [-0.3, -0.25) is 9.36 Å². The second-order valence-electron chi connectivity index (χ2n) is 4.74. The van der Waals surface area contributed by atoms with Gasteiger partial charge in [0.1, 0.15) is 0 Å². The summed E-state index contributed by atoms with van der Waals surface area (Å²) < 4.78 is 3.73. The number of anilines is 1. The van der Waals surface area contributed by atoms with E-state index in [1.807, 2.05) is 48.7 Å². The Kier molecular flexibility index (Phi) is 2.74. The molecule has 0 aliphatic carbocycles. The van der Waals surface area contributed by atoms with Crippen LogP contribution in [0.4, 0.5) is 5.69 Å². The molecule has 0 saturated carbocycles. The van der Waals surface area contributed by atoms with Crippen molar-refractivity contribution in [1.29, 1.82) is 0 Å². The van der Waals surface area contributed by atoms with Crippen LogP contribution in [0.2, 0.25) is 0 Å². The van der Waals surface area contributed by atoms with Crippen LogP contribution < -0.4 is 5.32 Å². The molecule has 19 heavy (non-hydrogen) atoms. The molecule has 3 rings (SSSR count). The van der Waals surface area contributed by atoms with Crippen LogP contribution in [0.5, 0.6) is 0 Å². The number of aryl methyl sites for hydroxylation is 3. The fraction of sp³-hybridized carbons (Fsp3) is 0.286. The quantitative estimate of drug-likeness (QED) is 0.780. The molecule has 0 aliphatic heterocycles. The van der Waals surface area contributed by atoms with Crippen LogP contribution in [0.1, 0.15) is 11.4 Å². The van der Waals surface area contributed by atoms with Gasteiger partial charge in [0, 0.05) is 25.7 Å². The minimum absolute atomic E-state index is 0.702. The highest BCUT2D eigenvalue weighted by Crippen LogP contribution is 2.19. The Labute approximate surface area is 111 Å². The molecule has 5 nitrogen and oxygen atoms in total. The fourth-order valence-electron chi connectivity index (χ4n) is 2.37. The standard InChI is InChI=1S/C14H17N5/c1-10-13(9-18(2)16-10)15-8-12-11-6-4-5-7-14(11)19(3)17-12/h4-7,9,15H,8H2,1-3H3. The molecular formula is C14H17N5. The summed E-state index contributed by atoms with van der Waals surface area (Å²) in [5, 5.41) is 13.5. The number of hydrogen-bond acceptors (Lipinski definition) is 3. The average Bonchev–Trinajstić information content (AvgIpc) is 2.88. The third kappa shape index (κ3) is 2.07. The van der Waals surface area contributed by atoms with E-state index >= 15 is 0 Å². The summed E-state index contributed by atoms with van der Waals surface area (Å²) in [5.74, 6) is 0. The van der Waals surface area contributed by atoms with Crippen LogP contribution in [0.15, 0.2) is 30.5 Å². The van der Waals surface area contributed by atoms with Gasteiger partial charge in [0.25, 0.3) is 0 Å². The Morgan fingerprint density at radius 1 is 1.16 bits per heavy atom. The van der Waals surface area contributed by atoms with Crippen LogP contribution in [0, 0.1) is 6.92 Å². The van der Waals surface area contributed by atoms with Gasteiger partial charge in [-0.1, -0.05) is 18.2 Å². The first kappa shape index (κ1) is 11.8. The molecule has 3 aromatic rings. The summed E-state index contributed by atoms with van der Waals surface area (Å²) >= 11 is 0. The van der Waals surface area contributed by atoms with Crippen molar-refractivity contribution < 1.29 is 0 Å². The number of rotatable bonds is 3. The Bertz CT molecular complexity index is 723. The molecule has 1 N–H and O–H groups in total. The predicted octanol–water partition coefficient (Wildman–Crippen LogP) is 2.23. The third-order valence-electron chi connectivity index (χ3n) is 3.29. The molecule has 0 fully saturated rings. The third-order valence-corrected chi connectivity index (χ3v) is 3.29. The maximum atomic E-state index is 4.57. The Hall–Kier alpha value is -2.30. The van der Waals surface area contributed by atoms with Crippen molar-refractivity contribution in [3.63, 3.8) is 0 Å². The maximum Gasteiger partial charge on any atom is 0.0894 e. The molecule has 98 valence electrons. The number of para-hydroxylation sites is 1. The second-order valence-corrected chi connectivity index (χ2v) is 4.74. The Morgan fingerprint density at radius 2 is 1.95 bits per heavy atom. The van der Waals surface area contributed by atoms with Gasteiger partial charge in [-0.15, -0.1) is 0 Å². The number of nitrogens with one attached hydrogen (secondary N) is 1. The van der Waals surface area contributed by atoms with Crippen molar-refractivity contribution in [3.8, 4) is 0 Å². The molecule has 0 radical (unpaired) electrons. The highest BCUT2D eigenvalue weighted by atomic mass is 15.3. The molecule has 0 aliphatic rings. The molecule has 5 heteroatoms. The average molecular weight is 255 g/mol. The smallest absolute Gasteiger partial charge is 0.0894 e. The fourth-order valence-corrected chi connectivity index (χ4v) is 2.37. The van der Waals surface area contributed by atoms with Crippen LogP contribution in [0.25, 0.3) is 10.9 Å². The lowest BCUT2D eigenvalue weighted by Crippen LogP contribution is -2.01. The van der Waals surface area contributed by atoms with E-state index in [2.05, 4.69) is 27.6 Å². The highest BCUT2D eigenvalue weighted by Gasteiger charge is 2.08. The second kappa shape index (κ2) is 4.42. The lowest BCUT2D eigenvalue weighted by molar-refractivity contribution is 0.756. The Morgan fingerprint density at radius 3 is 2.68 bits per heavy atom. The minimum atomic E-state index is 0.702. The zero-order valence-corrected chi connectivity index (χ0v) is 11.4. The van der Waals surface area contributed by atoms with Crippen molar-refractivity contribution in [1.82, 2.24) is 19.6 Å². The summed E-state index contributed by atoms with van der Waals surface area (Å²) in [6.45, 7) is 2.70. The summed E-state index contributed by atoms with van der Waals surface area (Å²) in [5.41, 5.74) is 4.27. The predicted molar refractivity (Wildman–Crippen MR) is 76.0 cm³/mol. The summed E-state index contributed by atoms with van der Waals surface area (Å²) in [7, 11) is 3.90. The van der Waals surface area contributed by atoms with E-state index in [0.717, 1.165) is 22.6 Å². The van der Waals surface area contributed by atoms with Crippen molar-refractivity contribution in [2.75, 3.05) is 5.32 Å². The van der Waals surface area contributed by atoms with E-state index < -0.39 is 0 Å². The van der Waals surface area contributed by atoms with Gasteiger partial charge < -0.3 is 5.32 Å². The zero-order chi connectivity index (χ0) is 13.4. The summed E-state index contributed by atoms with van der Waals surface area (Å²) in [4.78, 5) is 0. The lowest BCUT2D eigenvalue weighted by atomic mass is 10.2. The van der Waals surface area contributed by atoms with Gasteiger partial charge in [-0.05, 0) is 13.0 Å². The van der Waals surface area contributed by atoms with Crippen LogP contribution in [0.3, 0.4) is 0 Å². The Balaban J connectivity index is 1.88. The first-order valence-corrected chi connectivity index (χ1v) is 6.30. The molecule has 0 spiro atoms. The summed E-state index contributed by atoms with van der Waals surface area (Å²) in [6, 6.07) is 8.27. The highest BCUT2D eigenvalue weighted by molar-refractivity contribution is 5.82. The number of benzene rings is 1. The number of aromatic nitrogens is 4. The SMILES string of the molecule is Cc1nn(C)cc1NCc1nn(C)c2ccccc12. The van der Waals surface area contributed by atoms with Crippen molar-refractivity contribution >= 4 is 16.6 Å². The van der Waals surface area contributed by atoms with Crippen LogP contribution >= 0.6 is 0 Å². The topological polar surface area (TPSA) is 47.7 Å². The molecule has 0 atom stereocenters. The number of fused-ring (bicyclic) bond motifs is 1. The first-order valence-electron chi connectivity index (χ1n) is 6.30. The van der Waals surface area contributed by atoms with Crippen molar-refractivity contribution in [2.45, 2.75) is 13.5 Å². The van der Waals surface area contributed by atoms with Crippen LogP contribution in [-0.4, -0.2) is 19.6 Å². The molecule has 2 heterocycles. The van der Waals surface area contributed by atoms with E-state index in [4.69, 9.17) is 0 Å². The number of hydrogen-bond donors (Lipinski definition) is 1. The van der Waals surface area contributed by atoms with Gasteiger partial charge in [-0.2, -0.15) is 10.2 Å². The molecular weight excluding hydrogens is 238 g/mol. The van der Waals surface area contributed by atoms with E-state index in [-0.39, 0.29) is 0 Å². The van der Waals surface area contributed by atoms with Gasteiger partial charge in [-0.25, -0.2) is 0 Å². The number of nitrogens with zero attached hydrogens (tertiary/aromatic N) is 4. The van der Waals surface area contributed by atoms with E-state index in [0.29, 0.717) is 6.54 Å². The van der Waals surface area contributed by atoms with Gasteiger partial charge in [0.05, 0.1) is 29.1 Å².